The lowest BCUT2D eigenvalue weighted by Crippen LogP contribution is -2.17. The van der Waals surface area contributed by atoms with E-state index in [0.29, 0.717) is 0 Å². The first-order valence-corrected chi connectivity index (χ1v) is 4.86. The lowest BCUT2D eigenvalue weighted by Gasteiger charge is -2.13. The van der Waals surface area contributed by atoms with Gasteiger partial charge in [-0.15, -0.1) is 0 Å². The van der Waals surface area contributed by atoms with Gasteiger partial charge in [-0.1, -0.05) is 30.3 Å². The molecule has 0 fully saturated rings. The van der Waals surface area contributed by atoms with Gasteiger partial charge in [0.25, 0.3) is 0 Å². The molecule has 0 aliphatic heterocycles. The van der Waals surface area contributed by atoms with E-state index in [1.54, 1.807) is 0 Å². The van der Waals surface area contributed by atoms with E-state index in [2.05, 4.69) is 0 Å². The molecule has 0 unspecified atom stereocenters. The van der Waals surface area contributed by atoms with Gasteiger partial charge in [0.05, 0.1) is 12.0 Å². The van der Waals surface area contributed by atoms with Gasteiger partial charge in [-0.3, -0.25) is 4.79 Å². The number of ether oxygens (including phenoxy) is 1. The Morgan fingerprint density at radius 2 is 1.71 bits per heavy atom. The van der Waals surface area contributed by atoms with Crippen LogP contribution in [0.2, 0.25) is 0 Å². The van der Waals surface area contributed by atoms with Crippen LogP contribution < -0.4 is 0 Å². The molecule has 0 aliphatic carbocycles. The van der Waals surface area contributed by atoms with Crippen LogP contribution in [0.3, 0.4) is 0 Å². The Balaban J connectivity index is 2.66. The first-order chi connectivity index (χ1) is 6.61. The van der Waals surface area contributed by atoms with Gasteiger partial charge in [-0.25, -0.2) is 0 Å². The molecule has 14 heavy (non-hydrogen) atoms. The van der Waals surface area contributed by atoms with Crippen molar-refractivity contribution >= 4 is 5.97 Å². The average Bonchev–Trinajstić information content (AvgIpc) is 2.17. The number of rotatable bonds is 3. The van der Waals surface area contributed by atoms with Gasteiger partial charge in [0.1, 0.15) is 0 Å². The molecular weight excluding hydrogens is 176 g/mol. The summed E-state index contributed by atoms with van der Waals surface area (Å²) in [5.41, 5.74) is 0.998. The largest absolute Gasteiger partial charge is 0.463 e. The monoisotopic (exact) mass is 192 g/mol. The van der Waals surface area contributed by atoms with Crippen molar-refractivity contribution in [1.82, 2.24) is 0 Å². The summed E-state index contributed by atoms with van der Waals surface area (Å²) in [6.07, 6.45) is -0.0475. The van der Waals surface area contributed by atoms with Gasteiger partial charge in [-0.2, -0.15) is 0 Å². The maximum absolute atomic E-state index is 11.5. The fourth-order valence-corrected chi connectivity index (χ4v) is 1.21. The van der Waals surface area contributed by atoms with Crippen LogP contribution in [0.15, 0.2) is 30.3 Å². The third kappa shape index (κ3) is 2.87. The van der Waals surface area contributed by atoms with Crippen molar-refractivity contribution in [3.05, 3.63) is 35.9 Å². The van der Waals surface area contributed by atoms with Crippen molar-refractivity contribution in [3.8, 4) is 0 Å². The molecule has 0 N–H and O–H groups in total. The fourth-order valence-electron chi connectivity index (χ4n) is 1.21. The molecule has 0 aliphatic rings. The van der Waals surface area contributed by atoms with E-state index in [4.69, 9.17) is 4.74 Å². The van der Waals surface area contributed by atoms with E-state index in [-0.39, 0.29) is 18.0 Å². The van der Waals surface area contributed by atoms with Gasteiger partial charge >= 0.3 is 5.97 Å². The summed E-state index contributed by atoms with van der Waals surface area (Å²) in [5.74, 6) is -0.343. The summed E-state index contributed by atoms with van der Waals surface area (Å²) in [4.78, 5) is 11.5. The highest BCUT2D eigenvalue weighted by Gasteiger charge is 2.16. The number of hydrogen-bond acceptors (Lipinski definition) is 2. The highest BCUT2D eigenvalue weighted by Crippen LogP contribution is 2.16. The van der Waals surface area contributed by atoms with E-state index in [1.807, 2.05) is 51.1 Å². The molecule has 0 amide bonds. The highest BCUT2D eigenvalue weighted by atomic mass is 16.5. The van der Waals surface area contributed by atoms with Crippen molar-refractivity contribution in [3.63, 3.8) is 0 Å². The summed E-state index contributed by atoms with van der Waals surface area (Å²) in [6.45, 7) is 5.57. The molecule has 1 atom stereocenters. The second-order valence-corrected chi connectivity index (χ2v) is 3.62. The van der Waals surface area contributed by atoms with E-state index in [9.17, 15) is 4.79 Å². The second kappa shape index (κ2) is 4.80. The number of carbonyl (C=O) groups excluding carboxylic acids is 1. The first kappa shape index (κ1) is 10.8. The van der Waals surface area contributed by atoms with Gasteiger partial charge in [0, 0.05) is 0 Å². The molecule has 0 spiro atoms. The Morgan fingerprint density at radius 1 is 1.14 bits per heavy atom. The maximum atomic E-state index is 11.5. The van der Waals surface area contributed by atoms with E-state index in [0.717, 1.165) is 5.56 Å². The third-order valence-corrected chi connectivity index (χ3v) is 2.00. The summed E-state index contributed by atoms with van der Waals surface area (Å²) < 4.78 is 5.13. The van der Waals surface area contributed by atoms with Gasteiger partial charge in [-0.05, 0) is 26.3 Å². The van der Waals surface area contributed by atoms with Crippen LogP contribution in [0.1, 0.15) is 32.3 Å². The zero-order valence-electron chi connectivity index (χ0n) is 8.86. The minimum absolute atomic E-state index is 0.0475. The van der Waals surface area contributed by atoms with E-state index < -0.39 is 0 Å². The molecule has 76 valence electrons. The van der Waals surface area contributed by atoms with Crippen molar-refractivity contribution in [2.24, 2.45) is 0 Å². The molecule has 2 nitrogen and oxygen atoms in total. The lowest BCUT2D eigenvalue weighted by molar-refractivity contribution is -0.148. The number of benzene rings is 1. The summed E-state index contributed by atoms with van der Waals surface area (Å²) >= 11 is 0. The number of esters is 1. The van der Waals surface area contributed by atoms with Crippen LogP contribution in [0.4, 0.5) is 0 Å². The Morgan fingerprint density at radius 3 is 2.21 bits per heavy atom. The van der Waals surface area contributed by atoms with Crippen molar-refractivity contribution in [2.75, 3.05) is 0 Å². The van der Waals surface area contributed by atoms with Crippen LogP contribution in [-0.2, 0) is 9.53 Å². The highest BCUT2D eigenvalue weighted by molar-refractivity contribution is 5.77. The third-order valence-electron chi connectivity index (χ3n) is 2.00. The Bertz CT molecular complexity index is 290. The zero-order chi connectivity index (χ0) is 10.6. The summed E-state index contributed by atoms with van der Waals surface area (Å²) in [6, 6.07) is 9.66. The number of hydrogen-bond donors (Lipinski definition) is 0. The molecule has 0 saturated heterocycles. The SMILES string of the molecule is CC(C)OC(=O)[C@@H](C)c1ccccc1. The Hall–Kier alpha value is -1.31. The smallest absolute Gasteiger partial charge is 0.313 e. The summed E-state index contributed by atoms with van der Waals surface area (Å²) in [5, 5.41) is 0. The molecular formula is C12H16O2. The lowest BCUT2D eigenvalue weighted by atomic mass is 10.0. The average molecular weight is 192 g/mol. The molecule has 1 aromatic carbocycles. The maximum Gasteiger partial charge on any atom is 0.313 e. The minimum Gasteiger partial charge on any atom is -0.463 e. The topological polar surface area (TPSA) is 26.3 Å². The molecule has 1 aromatic rings. The van der Waals surface area contributed by atoms with E-state index in [1.165, 1.54) is 0 Å². The van der Waals surface area contributed by atoms with Crippen LogP contribution in [0.25, 0.3) is 0 Å². The van der Waals surface area contributed by atoms with Crippen LogP contribution in [0, 0.1) is 0 Å². The van der Waals surface area contributed by atoms with Crippen LogP contribution in [0.5, 0.6) is 0 Å². The Labute approximate surface area is 84.9 Å². The number of carbonyl (C=O) groups is 1. The predicted molar refractivity (Wildman–Crippen MR) is 56.1 cm³/mol. The van der Waals surface area contributed by atoms with Crippen LogP contribution in [-0.4, -0.2) is 12.1 Å². The second-order valence-electron chi connectivity index (χ2n) is 3.62. The minimum atomic E-state index is -0.182. The molecule has 0 radical (unpaired) electrons. The Kier molecular flexibility index (Phi) is 3.69. The standard InChI is InChI=1S/C12H16O2/c1-9(2)14-12(13)10(3)11-7-5-4-6-8-11/h4-10H,1-3H3/t10-/m0/s1. The normalized spacial score (nSPS) is 12.6. The van der Waals surface area contributed by atoms with Crippen molar-refractivity contribution in [2.45, 2.75) is 32.8 Å². The predicted octanol–water partition coefficient (Wildman–Crippen LogP) is 2.74. The molecule has 0 heterocycles. The van der Waals surface area contributed by atoms with Crippen LogP contribution >= 0.6 is 0 Å². The van der Waals surface area contributed by atoms with Crippen molar-refractivity contribution in [1.29, 1.82) is 0 Å². The fraction of sp³-hybridized carbons (Fsp3) is 0.417. The van der Waals surface area contributed by atoms with E-state index >= 15 is 0 Å². The van der Waals surface area contributed by atoms with Gasteiger partial charge in [0.2, 0.25) is 0 Å². The zero-order valence-corrected chi connectivity index (χ0v) is 8.86. The quantitative estimate of drug-likeness (QED) is 0.688. The van der Waals surface area contributed by atoms with Crippen molar-refractivity contribution < 1.29 is 9.53 Å². The molecule has 2 heteroatoms. The summed E-state index contributed by atoms with van der Waals surface area (Å²) in [7, 11) is 0. The molecule has 0 bridgehead atoms. The molecule has 0 aromatic heterocycles. The molecule has 1 rings (SSSR count). The molecule has 0 saturated carbocycles. The van der Waals surface area contributed by atoms with Gasteiger partial charge in [0.15, 0.2) is 0 Å². The first-order valence-electron chi connectivity index (χ1n) is 4.86. The van der Waals surface area contributed by atoms with Gasteiger partial charge < -0.3 is 4.74 Å².